The van der Waals surface area contributed by atoms with E-state index < -0.39 is 0 Å². The Morgan fingerprint density at radius 3 is 2.93 bits per heavy atom. The molecular weight excluding hydrogens is 172 g/mol. The molecular formula is C12H16N2. The molecule has 2 rings (SSSR count). The van der Waals surface area contributed by atoms with Crippen molar-refractivity contribution in [2.75, 3.05) is 13.6 Å². The van der Waals surface area contributed by atoms with Gasteiger partial charge in [0.05, 0.1) is 6.54 Å². The van der Waals surface area contributed by atoms with Gasteiger partial charge >= 0.3 is 0 Å². The zero-order chi connectivity index (χ0) is 9.97. The van der Waals surface area contributed by atoms with Crippen LogP contribution in [0.15, 0.2) is 30.5 Å². The summed E-state index contributed by atoms with van der Waals surface area (Å²) in [5.41, 5.74) is 2.62. The highest BCUT2D eigenvalue weighted by atomic mass is 15.0. The van der Waals surface area contributed by atoms with Crippen LogP contribution in [0.5, 0.6) is 0 Å². The Balaban J connectivity index is 2.25. The zero-order valence-electron chi connectivity index (χ0n) is 8.51. The second-order valence-corrected chi connectivity index (χ2v) is 3.82. The normalized spacial score (nSPS) is 13.3. The number of quaternary nitrogens is 1. The van der Waals surface area contributed by atoms with Gasteiger partial charge in [-0.1, -0.05) is 18.2 Å². The van der Waals surface area contributed by atoms with Crippen LogP contribution in [0.2, 0.25) is 0 Å². The zero-order valence-corrected chi connectivity index (χ0v) is 8.51. The number of para-hydroxylation sites is 1. The maximum Gasteiger partial charge on any atom is 0.0570 e. The second kappa shape index (κ2) is 3.84. The van der Waals surface area contributed by atoms with Crippen LogP contribution in [-0.4, -0.2) is 18.6 Å². The lowest BCUT2D eigenvalue weighted by Gasteiger charge is -2.12. The third-order valence-electron chi connectivity index (χ3n) is 2.50. The van der Waals surface area contributed by atoms with Crippen LogP contribution in [0, 0.1) is 7.05 Å². The predicted octanol–water partition coefficient (Wildman–Crippen LogP) is 1.02. The Morgan fingerprint density at radius 1 is 1.36 bits per heavy atom. The molecule has 0 amide bonds. The highest BCUT2D eigenvalue weighted by Crippen LogP contribution is 2.17. The number of aromatic nitrogens is 1. The van der Waals surface area contributed by atoms with Gasteiger partial charge in [0.25, 0.3) is 0 Å². The lowest BCUT2D eigenvalue weighted by Crippen LogP contribution is -3.03. The van der Waals surface area contributed by atoms with Gasteiger partial charge in [0.1, 0.15) is 0 Å². The number of hydrogen-bond acceptors (Lipinski definition) is 0. The smallest absolute Gasteiger partial charge is 0.0570 e. The van der Waals surface area contributed by atoms with Crippen molar-refractivity contribution in [2.45, 2.75) is 6.42 Å². The van der Waals surface area contributed by atoms with Crippen molar-refractivity contribution in [3.05, 3.63) is 43.1 Å². The first-order chi connectivity index (χ1) is 6.77. The average Bonchev–Trinajstić information content (AvgIpc) is 2.58. The van der Waals surface area contributed by atoms with Crippen LogP contribution in [0.25, 0.3) is 10.9 Å². The number of nitrogens with one attached hydrogen (secondary N) is 2. The molecule has 0 bridgehead atoms. The molecule has 0 spiro atoms. The molecule has 1 unspecified atom stereocenters. The largest absolute Gasteiger partial charge is 0.470 e. The van der Waals surface area contributed by atoms with Crippen LogP contribution in [0.4, 0.5) is 0 Å². The Labute approximate surface area is 84.5 Å². The van der Waals surface area contributed by atoms with Gasteiger partial charge in [0.2, 0.25) is 0 Å². The Bertz CT molecular complexity index is 415. The molecule has 14 heavy (non-hydrogen) atoms. The summed E-state index contributed by atoms with van der Waals surface area (Å²) in [4.78, 5) is 4.53. The van der Waals surface area contributed by atoms with E-state index in [1.165, 1.54) is 21.4 Å². The van der Waals surface area contributed by atoms with E-state index in [4.69, 9.17) is 0 Å². The maximum absolute atomic E-state index is 3.92. The number of H-pyrrole nitrogens is 1. The quantitative estimate of drug-likeness (QED) is 0.671. The first-order valence-electron chi connectivity index (χ1n) is 4.97. The SMILES string of the molecule is [CH2-][NH+](C)CCc1c[nH]c2ccccc12. The molecule has 2 aromatic rings. The minimum absolute atomic E-state index is 1.07. The summed E-state index contributed by atoms with van der Waals surface area (Å²) >= 11 is 0. The molecule has 0 radical (unpaired) electrons. The van der Waals surface area contributed by atoms with Gasteiger partial charge in [-0.3, -0.25) is 0 Å². The molecule has 2 N–H and O–H groups in total. The first kappa shape index (κ1) is 9.28. The monoisotopic (exact) mass is 188 g/mol. The molecule has 0 saturated heterocycles. The molecule has 0 saturated carbocycles. The van der Waals surface area contributed by atoms with Gasteiger partial charge in [-0.15, -0.1) is 0 Å². The maximum atomic E-state index is 3.92. The summed E-state index contributed by atoms with van der Waals surface area (Å²) < 4.78 is 0. The second-order valence-electron chi connectivity index (χ2n) is 3.82. The number of likely N-dealkylation sites (N-methyl/N-ethyl adjacent to an activating group) is 1. The van der Waals surface area contributed by atoms with Crippen molar-refractivity contribution in [1.82, 2.24) is 4.98 Å². The van der Waals surface area contributed by atoms with E-state index in [0.29, 0.717) is 0 Å². The molecule has 0 fully saturated rings. The van der Waals surface area contributed by atoms with E-state index >= 15 is 0 Å². The molecule has 1 aromatic carbocycles. The fourth-order valence-electron chi connectivity index (χ4n) is 1.69. The number of fused-ring (bicyclic) bond motifs is 1. The van der Waals surface area contributed by atoms with Gasteiger partial charge in [-0.05, 0) is 11.6 Å². The summed E-state index contributed by atoms with van der Waals surface area (Å²) in [7, 11) is 6.00. The molecule has 0 aliphatic rings. The van der Waals surface area contributed by atoms with Crippen LogP contribution in [0.3, 0.4) is 0 Å². The van der Waals surface area contributed by atoms with E-state index in [2.05, 4.69) is 49.5 Å². The van der Waals surface area contributed by atoms with Crippen LogP contribution < -0.4 is 4.90 Å². The lowest BCUT2D eigenvalue weighted by atomic mass is 10.1. The standard InChI is InChI=1S/C12H16N2/c1-14(2)8-7-10-9-13-12-6-4-3-5-11(10)12/h3-6,9,13-14H,1,7-8H2,2H3. The molecule has 2 nitrogen and oxygen atoms in total. The van der Waals surface area contributed by atoms with Crippen LogP contribution in [-0.2, 0) is 6.42 Å². The lowest BCUT2D eigenvalue weighted by molar-refractivity contribution is -0.831. The van der Waals surface area contributed by atoms with Crippen LogP contribution >= 0.6 is 0 Å². The van der Waals surface area contributed by atoms with Gasteiger partial charge in [0.15, 0.2) is 0 Å². The summed E-state index contributed by atoms with van der Waals surface area (Å²) in [6, 6.07) is 8.42. The van der Waals surface area contributed by atoms with Crippen molar-refractivity contribution in [3.63, 3.8) is 0 Å². The van der Waals surface area contributed by atoms with Crippen molar-refractivity contribution in [1.29, 1.82) is 0 Å². The van der Waals surface area contributed by atoms with E-state index in [1.807, 2.05) is 0 Å². The Hall–Kier alpha value is -1.28. The summed E-state index contributed by atoms with van der Waals surface area (Å²) in [5.74, 6) is 0. The minimum atomic E-state index is 1.07. The van der Waals surface area contributed by atoms with Gasteiger partial charge in [-0.2, -0.15) is 7.05 Å². The van der Waals surface area contributed by atoms with E-state index in [1.54, 1.807) is 0 Å². The third-order valence-corrected chi connectivity index (χ3v) is 2.50. The molecule has 0 aliphatic heterocycles. The average molecular weight is 188 g/mol. The number of aromatic amines is 1. The summed E-state index contributed by atoms with van der Waals surface area (Å²) in [5, 5.41) is 1.34. The van der Waals surface area contributed by atoms with Crippen molar-refractivity contribution < 1.29 is 4.90 Å². The first-order valence-corrected chi connectivity index (χ1v) is 4.97. The number of hydrogen-bond donors (Lipinski definition) is 2. The highest BCUT2D eigenvalue weighted by Gasteiger charge is 2.02. The number of benzene rings is 1. The van der Waals surface area contributed by atoms with Gasteiger partial charge in [0, 0.05) is 30.6 Å². The topological polar surface area (TPSA) is 20.2 Å². The third kappa shape index (κ3) is 1.80. The molecule has 1 aromatic heterocycles. The molecule has 0 aliphatic carbocycles. The van der Waals surface area contributed by atoms with E-state index in [9.17, 15) is 0 Å². The molecule has 74 valence electrons. The summed E-state index contributed by atoms with van der Waals surface area (Å²) in [6.07, 6.45) is 3.19. The predicted molar refractivity (Wildman–Crippen MR) is 59.1 cm³/mol. The molecule has 1 atom stereocenters. The van der Waals surface area contributed by atoms with Gasteiger partial charge < -0.3 is 9.88 Å². The molecule has 1 heterocycles. The Morgan fingerprint density at radius 2 is 2.14 bits per heavy atom. The fraction of sp³-hybridized carbons (Fsp3) is 0.250. The van der Waals surface area contributed by atoms with Gasteiger partial charge in [-0.25, -0.2) is 0 Å². The van der Waals surface area contributed by atoms with E-state index in [-0.39, 0.29) is 0 Å². The number of rotatable bonds is 3. The molecule has 2 heteroatoms. The minimum Gasteiger partial charge on any atom is -0.470 e. The highest BCUT2D eigenvalue weighted by molar-refractivity contribution is 5.82. The van der Waals surface area contributed by atoms with E-state index in [0.717, 1.165) is 13.0 Å². The van der Waals surface area contributed by atoms with Crippen molar-refractivity contribution >= 4 is 10.9 Å². The van der Waals surface area contributed by atoms with Crippen molar-refractivity contribution in [3.8, 4) is 0 Å². The Kier molecular flexibility index (Phi) is 2.55. The van der Waals surface area contributed by atoms with Crippen LogP contribution in [0.1, 0.15) is 5.56 Å². The summed E-state index contributed by atoms with van der Waals surface area (Å²) in [6.45, 7) is 1.07. The fourth-order valence-corrected chi connectivity index (χ4v) is 1.69. The van der Waals surface area contributed by atoms with Crippen molar-refractivity contribution in [2.24, 2.45) is 0 Å².